The normalized spacial score (nSPS) is 11.1. The number of anilines is 1. The van der Waals surface area contributed by atoms with Crippen LogP contribution in [-0.4, -0.2) is 49.9 Å². The Labute approximate surface area is 183 Å². The SMILES string of the molecule is CCCn1c(=O)c2[nH]c(-c3ccc(NCCN)cc3OCC(=O)O)nc2n(CCC)c1=O. The van der Waals surface area contributed by atoms with Crippen LogP contribution in [0.1, 0.15) is 26.7 Å². The number of hydrogen-bond donors (Lipinski definition) is 4. The van der Waals surface area contributed by atoms with Crippen molar-refractivity contribution >= 4 is 22.8 Å². The number of H-pyrrole nitrogens is 1. The number of fused-ring (bicyclic) bond motifs is 1. The van der Waals surface area contributed by atoms with Crippen LogP contribution in [0, 0.1) is 0 Å². The van der Waals surface area contributed by atoms with E-state index in [0.29, 0.717) is 56.1 Å². The van der Waals surface area contributed by atoms with Crippen LogP contribution >= 0.6 is 0 Å². The first-order chi connectivity index (χ1) is 15.4. The van der Waals surface area contributed by atoms with Crippen molar-refractivity contribution in [1.82, 2.24) is 19.1 Å². The highest BCUT2D eigenvalue weighted by atomic mass is 16.5. The predicted molar refractivity (Wildman–Crippen MR) is 121 cm³/mol. The number of carboxylic acids is 1. The Kier molecular flexibility index (Phi) is 7.31. The van der Waals surface area contributed by atoms with Crippen molar-refractivity contribution in [2.24, 2.45) is 5.73 Å². The molecule has 11 nitrogen and oxygen atoms in total. The number of rotatable bonds is 11. The van der Waals surface area contributed by atoms with Gasteiger partial charge >= 0.3 is 11.7 Å². The molecule has 11 heteroatoms. The van der Waals surface area contributed by atoms with Gasteiger partial charge in [-0.05, 0) is 25.0 Å². The lowest BCUT2D eigenvalue weighted by atomic mass is 10.1. The van der Waals surface area contributed by atoms with Gasteiger partial charge in [-0.25, -0.2) is 14.6 Å². The Morgan fingerprint density at radius 1 is 1.22 bits per heavy atom. The summed E-state index contributed by atoms with van der Waals surface area (Å²) in [6, 6.07) is 5.14. The molecule has 5 N–H and O–H groups in total. The summed E-state index contributed by atoms with van der Waals surface area (Å²) in [4.78, 5) is 44.4. The minimum atomic E-state index is -1.12. The number of ether oxygens (including phenoxy) is 1. The molecule has 0 saturated heterocycles. The number of benzene rings is 1. The molecule has 0 aliphatic heterocycles. The molecule has 32 heavy (non-hydrogen) atoms. The smallest absolute Gasteiger partial charge is 0.341 e. The van der Waals surface area contributed by atoms with E-state index in [-0.39, 0.29) is 16.9 Å². The monoisotopic (exact) mass is 444 g/mol. The van der Waals surface area contributed by atoms with E-state index < -0.39 is 23.8 Å². The molecule has 3 rings (SSSR count). The molecule has 0 amide bonds. The second kappa shape index (κ2) is 10.1. The van der Waals surface area contributed by atoms with Gasteiger partial charge in [0.15, 0.2) is 12.3 Å². The number of carboxylic acid groups (broad SMARTS) is 1. The quantitative estimate of drug-likeness (QED) is 0.344. The van der Waals surface area contributed by atoms with Crippen molar-refractivity contribution in [2.45, 2.75) is 39.8 Å². The Hall–Kier alpha value is -3.60. The van der Waals surface area contributed by atoms with Gasteiger partial charge in [-0.2, -0.15) is 0 Å². The van der Waals surface area contributed by atoms with Gasteiger partial charge < -0.3 is 25.9 Å². The van der Waals surface area contributed by atoms with Crippen molar-refractivity contribution in [3.8, 4) is 17.1 Å². The van der Waals surface area contributed by atoms with Crippen LogP contribution in [-0.2, 0) is 17.9 Å². The van der Waals surface area contributed by atoms with Gasteiger partial charge in [-0.15, -0.1) is 0 Å². The molecule has 2 aromatic heterocycles. The van der Waals surface area contributed by atoms with E-state index in [1.54, 1.807) is 18.2 Å². The second-order valence-corrected chi connectivity index (χ2v) is 7.28. The van der Waals surface area contributed by atoms with E-state index in [2.05, 4.69) is 15.3 Å². The zero-order valence-corrected chi connectivity index (χ0v) is 18.2. The number of hydrogen-bond acceptors (Lipinski definition) is 7. The highest BCUT2D eigenvalue weighted by molar-refractivity contribution is 5.79. The molecule has 1 aromatic carbocycles. The maximum Gasteiger partial charge on any atom is 0.341 e. The number of aromatic nitrogens is 4. The largest absolute Gasteiger partial charge is 0.481 e. The zero-order valence-electron chi connectivity index (χ0n) is 18.2. The standard InChI is InChI=1S/C21H28N6O5/c1-3-9-26-19-17(20(30)27(10-4-2)21(26)31)24-18(25-19)14-6-5-13(23-8-7-22)11-15(14)32-12-16(28)29/h5-6,11,23H,3-4,7-10,12,22H2,1-2H3,(H,24,25)(H,28,29). The van der Waals surface area contributed by atoms with E-state index in [1.807, 2.05) is 13.8 Å². The number of aromatic amines is 1. The fourth-order valence-electron chi connectivity index (χ4n) is 3.44. The highest BCUT2D eigenvalue weighted by Gasteiger charge is 2.19. The Balaban J connectivity index is 2.19. The Morgan fingerprint density at radius 3 is 2.59 bits per heavy atom. The summed E-state index contributed by atoms with van der Waals surface area (Å²) in [6.45, 7) is 4.96. The van der Waals surface area contributed by atoms with Gasteiger partial charge in [0.1, 0.15) is 17.1 Å². The molecule has 0 saturated carbocycles. The number of aliphatic carboxylic acids is 1. The van der Waals surface area contributed by atoms with E-state index in [0.717, 1.165) is 0 Å². The summed E-state index contributed by atoms with van der Waals surface area (Å²) in [7, 11) is 0. The Bertz CT molecular complexity index is 1230. The minimum Gasteiger partial charge on any atom is -0.481 e. The molecule has 0 radical (unpaired) electrons. The lowest BCUT2D eigenvalue weighted by molar-refractivity contribution is -0.139. The third-order valence-corrected chi connectivity index (χ3v) is 4.82. The molecule has 0 spiro atoms. The van der Waals surface area contributed by atoms with Crippen LogP contribution in [0.15, 0.2) is 27.8 Å². The third-order valence-electron chi connectivity index (χ3n) is 4.82. The zero-order chi connectivity index (χ0) is 23.3. The van der Waals surface area contributed by atoms with Crippen molar-refractivity contribution in [3.05, 3.63) is 39.0 Å². The summed E-state index contributed by atoms with van der Waals surface area (Å²) in [5.41, 5.74) is 6.35. The summed E-state index contributed by atoms with van der Waals surface area (Å²) >= 11 is 0. The molecule has 0 atom stereocenters. The summed E-state index contributed by atoms with van der Waals surface area (Å²) in [5.74, 6) is -0.548. The molecule has 0 aliphatic rings. The molecule has 0 bridgehead atoms. The molecule has 3 aromatic rings. The van der Waals surface area contributed by atoms with Gasteiger partial charge in [-0.3, -0.25) is 13.9 Å². The molecular formula is C21H28N6O5. The van der Waals surface area contributed by atoms with Gasteiger partial charge in [0.05, 0.1) is 5.56 Å². The second-order valence-electron chi connectivity index (χ2n) is 7.28. The number of nitrogens with two attached hydrogens (primary N) is 1. The predicted octanol–water partition coefficient (Wildman–Crippen LogP) is 1.21. The molecule has 0 aliphatic carbocycles. The summed E-state index contributed by atoms with van der Waals surface area (Å²) in [5, 5.41) is 12.2. The van der Waals surface area contributed by atoms with Crippen molar-refractivity contribution in [1.29, 1.82) is 0 Å². The molecular weight excluding hydrogens is 416 g/mol. The number of nitrogens with zero attached hydrogens (tertiary/aromatic N) is 3. The number of carbonyl (C=O) groups is 1. The number of imidazole rings is 1. The minimum absolute atomic E-state index is 0.219. The van der Waals surface area contributed by atoms with Gasteiger partial charge in [0.2, 0.25) is 0 Å². The highest BCUT2D eigenvalue weighted by Crippen LogP contribution is 2.32. The van der Waals surface area contributed by atoms with Crippen LogP contribution in [0.3, 0.4) is 0 Å². The lowest BCUT2D eigenvalue weighted by Crippen LogP contribution is -2.40. The summed E-state index contributed by atoms with van der Waals surface area (Å²) < 4.78 is 8.18. The van der Waals surface area contributed by atoms with Crippen molar-refractivity contribution in [3.63, 3.8) is 0 Å². The maximum absolute atomic E-state index is 13.0. The maximum atomic E-state index is 13.0. The Morgan fingerprint density at radius 2 is 1.94 bits per heavy atom. The first-order valence-electron chi connectivity index (χ1n) is 10.6. The van der Waals surface area contributed by atoms with E-state index in [4.69, 9.17) is 15.6 Å². The van der Waals surface area contributed by atoms with E-state index in [1.165, 1.54) is 9.13 Å². The summed E-state index contributed by atoms with van der Waals surface area (Å²) in [6.07, 6.45) is 1.33. The number of nitrogens with one attached hydrogen (secondary N) is 2. The first-order valence-corrected chi connectivity index (χ1v) is 10.6. The van der Waals surface area contributed by atoms with Gasteiger partial charge in [0, 0.05) is 37.9 Å². The van der Waals surface area contributed by atoms with Crippen molar-refractivity contribution < 1.29 is 14.6 Å². The molecule has 2 heterocycles. The fourth-order valence-corrected chi connectivity index (χ4v) is 3.44. The van der Waals surface area contributed by atoms with Crippen LogP contribution < -0.4 is 27.0 Å². The first kappa shape index (κ1) is 23.1. The topological polar surface area (TPSA) is 157 Å². The fraction of sp³-hybridized carbons (Fsp3) is 0.429. The van der Waals surface area contributed by atoms with Crippen LogP contribution in [0.4, 0.5) is 5.69 Å². The average Bonchev–Trinajstić information content (AvgIpc) is 3.22. The van der Waals surface area contributed by atoms with E-state index in [9.17, 15) is 14.4 Å². The van der Waals surface area contributed by atoms with Gasteiger partial charge in [-0.1, -0.05) is 13.8 Å². The number of aryl methyl sites for hydroxylation is 1. The van der Waals surface area contributed by atoms with Gasteiger partial charge in [0.25, 0.3) is 5.56 Å². The molecule has 172 valence electrons. The molecule has 0 unspecified atom stereocenters. The van der Waals surface area contributed by atoms with E-state index >= 15 is 0 Å². The van der Waals surface area contributed by atoms with Crippen LogP contribution in [0.5, 0.6) is 5.75 Å². The lowest BCUT2D eigenvalue weighted by Gasteiger charge is -2.12. The van der Waals surface area contributed by atoms with Crippen LogP contribution in [0.2, 0.25) is 0 Å². The third kappa shape index (κ3) is 4.67. The van der Waals surface area contributed by atoms with Crippen molar-refractivity contribution in [2.75, 3.05) is 25.0 Å². The average molecular weight is 444 g/mol. The van der Waals surface area contributed by atoms with Crippen LogP contribution in [0.25, 0.3) is 22.6 Å². The molecule has 0 fully saturated rings.